The second-order valence-electron chi connectivity index (χ2n) is 4.21. The zero-order valence-corrected chi connectivity index (χ0v) is 11.5. The van der Waals surface area contributed by atoms with Crippen LogP contribution in [0.4, 0.5) is 0 Å². The van der Waals surface area contributed by atoms with Gasteiger partial charge in [-0.2, -0.15) is 5.26 Å². The molecule has 2 nitrogen and oxygen atoms in total. The Morgan fingerprint density at radius 3 is 2.69 bits per heavy atom. The first-order chi connectivity index (χ1) is 7.79. The predicted octanol–water partition coefficient (Wildman–Crippen LogP) is 4.00. The number of nitrogens with zero attached hydrogens (tertiary/aromatic N) is 1. The van der Waals surface area contributed by atoms with Crippen molar-refractivity contribution in [3.8, 4) is 6.07 Å². The average molecular weight is 299 g/mol. The van der Waals surface area contributed by atoms with E-state index < -0.39 is 0 Å². The van der Waals surface area contributed by atoms with Crippen LogP contribution in [0.5, 0.6) is 0 Å². The lowest BCUT2D eigenvalue weighted by molar-refractivity contribution is 0.361. The SMILES string of the molecule is N#CC(NC1CCCCC1)c1ccc(Br)s1. The van der Waals surface area contributed by atoms with Crippen molar-refractivity contribution in [1.29, 1.82) is 5.26 Å². The summed E-state index contributed by atoms with van der Waals surface area (Å²) in [5.41, 5.74) is 0. The second-order valence-corrected chi connectivity index (χ2v) is 6.70. The van der Waals surface area contributed by atoms with Gasteiger partial charge in [0, 0.05) is 10.9 Å². The summed E-state index contributed by atoms with van der Waals surface area (Å²) in [6, 6.07) is 6.78. The zero-order chi connectivity index (χ0) is 11.4. The highest BCUT2D eigenvalue weighted by molar-refractivity contribution is 9.11. The summed E-state index contributed by atoms with van der Waals surface area (Å²) in [5, 5.41) is 12.7. The van der Waals surface area contributed by atoms with Gasteiger partial charge in [0.15, 0.2) is 0 Å². The van der Waals surface area contributed by atoms with Crippen LogP contribution >= 0.6 is 27.3 Å². The molecule has 1 aromatic rings. The standard InChI is InChI=1S/C12H15BrN2S/c13-12-7-6-11(16-12)10(8-14)15-9-4-2-1-3-5-9/h6-7,9-10,15H,1-5H2. The number of hydrogen-bond acceptors (Lipinski definition) is 3. The smallest absolute Gasteiger partial charge is 0.130 e. The van der Waals surface area contributed by atoms with Crippen LogP contribution < -0.4 is 5.32 Å². The van der Waals surface area contributed by atoms with Gasteiger partial charge in [0.2, 0.25) is 0 Å². The Hall–Kier alpha value is -0.370. The molecule has 1 heterocycles. The molecule has 1 atom stereocenters. The van der Waals surface area contributed by atoms with Crippen LogP contribution in [0.3, 0.4) is 0 Å². The van der Waals surface area contributed by atoms with Gasteiger partial charge in [-0.3, -0.25) is 5.32 Å². The largest absolute Gasteiger partial charge is 0.295 e. The molecule has 1 fully saturated rings. The third-order valence-electron chi connectivity index (χ3n) is 3.02. The average Bonchev–Trinajstić information content (AvgIpc) is 2.74. The van der Waals surface area contributed by atoms with Gasteiger partial charge in [-0.25, -0.2) is 0 Å². The lowest BCUT2D eigenvalue weighted by Crippen LogP contribution is -2.33. The molecule has 1 aliphatic carbocycles. The molecular formula is C12H15BrN2S. The third-order valence-corrected chi connectivity index (χ3v) is 4.70. The lowest BCUT2D eigenvalue weighted by atomic mass is 9.95. The predicted molar refractivity (Wildman–Crippen MR) is 70.4 cm³/mol. The zero-order valence-electron chi connectivity index (χ0n) is 9.08. The van der Waals surface area contributed by atoms with Crippen molar-refractivity contribution in [3.63, 3.8) is 0 Å². The fraction of sp³-hybridized carbons (Fsp3) is 0.583. The molecule has 0 amide bonds. The Morgan fingerprint density at radius 2 is 2.12 bits per heavy atom. The minimum atomic E-state index is -0.139. The molecule has 4 heteroatoms. The van der Waals surface area contributed by atoms with Crippen LogP contribution in [0.2, 0.25) is 0 Å². The summed E-state index contributed by atoms with van der Waals surface area (Å²) >= 11 is 5.08. The normalized spacial score (nSPS) is 19.2. The Bertz CT molecular complexity index is 377. The van der Waals surface area contributed by atoms with Gasteiger partial charge in [-0.05, 0) is 40.9 Å². The van der Waals surface area contributed by atoms with Crippen molar-refractivity contribution in [1.82, 2.24) is 5.32 Å². The van der Waals surface area contributed by atoms with Gasteiger partial charge in [-0.15, -0.1) is 11.3 Å². The molecule has 16 heavy (non-hydrogen) atoms. The summed E-state index contributed by atoms with van der Waals surface area (Å²) in [6.07, 6.45) is 6.36. The molecule has 2 rings (SSSR count). The van der Waals surface area contributed by atoms with Crippen LogP contribution in [0.1, 0.15) is 43.0 Å². The highest BCUT2D eigenvalue weighted by Crippen LogP contribution is 2.28. The molecule has 1 unspecified atom stereocenters. The molecule has 0 aromatic carbocycles. The van der Waals surface area contributed by atoms with Crippen molar-refractivity contribution in [2.45, 2.75) is 44.2 Å². The van der Waals surface area contributed by atoms with E-state index in [4.69, 9.17) is 0 Å². The summed E-state index contributed by atoms with van der Waals surface area (Å²) in [6.45, 7) is 0. The van der Waals surface area contributed by atoms with Crippen molar-refractivity contribution >= 4 is 27.3 Å². The molecule has 1 aliphatic rings. The maximum absolute atomic E-state index is 9.20. The van der Waals surface area contributed by atoms with E-state index in [1.165, 1.54) is 32.1 Å². The monoisotopic (exact) mass is 298 g/mol. The van der Waals surface area contributed by atoms with Gasteiger partial charge in [0.25, 0.3) is 0 Å². The van der Waals surface area contributed by atoms with Crippen molar-refractivity contribution in [2.75, 3.05) is 0 Å². The first-order valence-corrected chi connectivity index (χ1v) is 7.31. The van der Waals surface area contributed by atoms with Gasteiger partial charge in [-0.1, -0.05) is 19.3 Å². The van der Waals surface area contributed by atoms with Gasteiger partial charge >= 0.3 is 0 Å². The molecule has 0 spiro atoms. The van der Waals surface area contributed by atoms with E-state index in [1.54, 1.807) is 11.3 Å². The number of hydrogen-bond donors (Lipinski definition) is 1. The molecule has 0 saturated heterocycles. The van der Waals surface area contributed by atoms with E-state index >= 15 is 0 Å². The molecule has 0 bridgehead atoms. The van der Waals surface area contributed by atoms with E-state index in [1.807, 2.05) is 12.1 Å². The molecular weight excluding hydrogens is 284 g/mol. The van der Waals surface area contributed by atoms with Crippen molar-refractivity contribution in [3.05, 3.63) is 20.8 Å². The van der Waals surface area contributed by atoms with E-state index in [-0.39, 0.29) is 6.04 Å². The maximum Gasteiger partial charge on any atom is 0.130 e. The molecule has 1 saturated carbocycles. The minimum Gasteiger partial charge on any atom is -0.295 e. The van der Waals surface area contributed by atoms with Crippen molar-refractivity contribution in [2.24, 2.45) is 0 Å². The molecule has 0 aliphatic heterocycles. The number of halogens is 1. The number of thiophene rings is 1. The second kappa shape index (κ2) is 5.81. The molecule has 1 aromatic heterocycles. The summed E-state index contributed by atoms with van der Waals surface area (Å²) < 4.78 is 1.09. The maximum atomic E-state index is 9.20. The lowest BCUT2D eigenvalue weighted by Gasteiger charge is -2.24. The summed E-state index contributed by atoms with van der Waals surface area (Å²) in [4.78, 5) is 1.11. The summed E-state index contributed by atoms with van der Waals surface area (Å²) in [5.74, 6) is 0. The van der Waals surface area contributed by atoms with E-state index in [0.29, 0.717) is 6.04 Å². The van der Waals surface area contributed by atoms with Gasteiger partial charge in [0.1, 0.15) is 6.04 Å². The molecule has 0 radical (unpaired) electrons. The molecule has 1 N–H and O–H groups in total. The highest BCUT2D eigenvalue weighted by Gasteiger charge is 2.19. The van der Waals surface area contributed by atoms with Gasteiger partial charge in [0.05, 0.1) is 9.86 Å². The van der Waals surface area contributed by atoms with E-state index in [9.17, 15) is 5.26 Å². The van der Waals surface area contributed by atoms with Gasteiger partial charge < -0.3 is 0 Å². The van der Waals surface area contributed by atoms with E-state index in [0.717, 1.165) is 8.66 Å². The number of nitrogens with one attached hydrogen (secondary N) is 1. The third kappa shape index (κ3) is 3.07. The highest BCUT2D eigenvalue weighted by atomic mass is 79.9. The van der Waals surface area contributed by atoms with Crippen LogP contribution in [0, 0.1) is 11.3 Å². The first-order valence-electron chi connectivity index (χ1n) is 5.70. The fourth-order valence-electron chi connectivity index (χ4n) is 2.17. The van der Waals surface area contributed by atoms with Crippen LogP contribution in [-0.4, -0.2) is 6.04 Å². The van der Waals surface area contributed by atoms with Crippen molar-refractivity contribution < 1.29 is 0 Å². The van der Waals surface area contributed by atoms with Crippen LogP contribution in [0.25, 0.3) is 0 Å². The summed E-state index contributed by atoms with van der Waals surface area (Å²) in [7, 11) is 0. The van der Waals surface area contributed by atoms with Crippen LogP contribution in [-0.2, 0) is 0 Å². The number of nitriles is 1. The Morgan fingerprint density at radius 1 is 1.38 bits per heavy atom. The topological polar surface area (TPSA) is 35.8 Å². The van der Waals surface area contributed by atoms with Crippen LogP contribution in [0.15, 0.2) is 15.9 Å². The first kappa shape index (κ1) is 12.1. The number of rotatable bonds is 3. The molecule has 86 valence electrons. The fourth-order valence-corrected chi connectivity index (χ4v) is 3.60. The Labute approximate surface area is 109 Å². The Balaban J connectivity index is 1.98. The minimum absolute atomic E-state index is 0.139. The van der Waals surface area contributed by atoms with E-state index in [2.05, 4.69) is 27.3 Å². The Kier molecular flexibility index (Phi) is 4.39. The quantitative estimate of drug-likeness (QED) is 0.915.